The Morgan fingerprint density at radius 3 is 2.76 bits per heavy atom. The van der Waals surface area contributed by atoms with Crippen LogP contribution in [0.2, 0.25) is 0 Å². The molecule has 0 bridgehead atoms. The normalized spacial score (nSPS) is 18.4. The van der Waals surface area contributed by atoms with Crippen LogP contribution in [0.15, 0.2) is 41.4 Å². The molecule has 2 heterocycles. The Morgan fingerprint density at radius 1 is 1.28 bits per heavy atom. The molecule has 0 radical (unpaired) electrons. The molecule has 1 fully saturated rings. The first-order chi connectivity index (χ1) is 11.9. The van der Waals surface area contributed by atoms with Gasteiger partial charge in [-0.1, -0.05) is 30.3 Å². The smallest absolute Gasteiger partial charge is 0.180 e. The molecule has 6 nitrogen and oxygen atoms in total. The number of likely N-dealkylation sites (tertiary alicyclic amines) is 1. The molecule has 1 aromatic heterocycles. The number of sulfone groups is 1. The number of hydrogen-bond acceptors (Lipinski definition) is 6. The average Bonchev–Trinajstić information content (AvgIpc) is 3.03. The van der Waals surface area contributed by atoms with Gasteiger partial charge >= 0.3 is 0 Å². The molecule has 1 saturated heterocycles. The van der Waals surface area contributed by atoms with Crippen LogP contribution >= 0.6 is 0 Å². The van der Waals surface area contributed by atoms with E-state index in [0.29, 0.717) is 24.1 Å². The van der Waals surface area contributed by atoms with Gasteiger partial charge in [-0.3, -0.25) is 0 Å². The van der Waals surface area contributed by atoms with E-state index < -0.39 is 9.84 Å². The number of nitrogens with one attached hydrogen (secondary N) is 1. The van der Waals surface area contributed by atoms with Crippen LogP contribution in [0, 0.1) is 6.92 Å². The van der Waals surface area contributed by atoms with Crippen molar-refractivity contribution in [3.63, 3.8) is 0 Å². The Hall–Kier alpha value is -1.99. The number of benzene rings is 1. The van der Waals surface area contributed by atoms with Gasteiger partial charge in [0.05, 0.1) is 6.20 Å². The molecule has 2 aromatic rings. The topological polar surface area (TPSA) is 75.2 Å². The Morgan fingerprint density at radius 2 is 2.04 bits per heavy atom. The highest BCUT2D eigenvalue weighted by Gasteiger charge is 2.23. The SMILES string of the molecule is Cc1ncc(S(C)(=O)=O)c(NCCN2CC[C@H](c3ccccc3)C2)n1. The third kappa shape index (κ3) is 4.55. The molecule has 0 aliphatic carbocycles. The fraction of sp³-hybridized carbons (Fsp3) is 0.444. The Kier molecular flexibility index (Phi) is 5.34. The second kappa shape index (κ2) is 7.49. The molecule has 0 unspecified atom stereocenters. The summed E-state index contributed by atoms with van der Waals surface area (Å²) in [4.78, 5) is 10.8. The fourth-order valence-corrected chi connectivity index (χ4v) is 3.94. The lowest BCUT2D eigenvalue weighted by atomic mass is 9.99. The molecule has 1 aliphatic rings. The zero-order chi connectivity index (χ0) is 17.9. The van der Waals surface area contributed by atoms with E-state index in [4.69, 9.17) is 0 Å². The van der Waals surface area contributed by atoms with E-state index in [1.165, 1.54) is 18.0 Å². The van der Waals surface area contributed by atoms with Crippen molar-refractivity contribution in [1.82, 2.24) is 14.9 Å². The van der Waals surface area contributed by atoms with Crippen LogP contribution in [-0.4, -0.2) is 55.7 Å². The Bertz CT molecular complexity index is 824. The molecule has 25 heavy (non-hydrogen) atoms. The lowest BCUT2D eigenvalue weighted by Crippen LogP contribution is -2.27. The maximum Gasteiger partial charge on any atom is 0.180 e. The lowest BCUT2D eigenvalue weighted by molar-refractivity contribution is 0.347. The van der Waals surface area contributed by atoms with Crippen molar-refractivity contribution < 1.29 is 8.42 Å². The third-order valence-electron chi connectivity index (χ3n) is 4.54. The number of aryl methyl sites for hydroxylation is 1. The van der Waals surface area contributed by atoms with Crippen molar-refractivity contribution in [2.24, 2.45) is 0 Å². The fourth-order valence-electron chi connectivity index (χ4n) is 3.22. The first kappa shape index (κ1) is 17.8. The molecule has 1 atom stereocenters. The van der Waals surface area contributed by atoms with Crippen molar-refractivity contribution in [3.05, 3.63) is 47.9 Å². The molecular formula is C18H24N4O2S. The molecule has 0 spiro atoms. The van der Waals surface area contributed by atoms with Crippen LogP contribution in [0.3, 0.4) is 0 Å². The third-order valence-corrected chi connectivity index (χ3v) is 5.64. The molecule has 1 N–H and O–H groups in total. The summed E-state index contributed by atoms with van der Waals surface area (Å²) in [5.41, 5.74) is 1.39. The predicted molar refractivity (Wildman–Crippen MR) is 98.6 cm³/mol. The molecule has 3 rings (SSSR count). The predicted octanol–water partition coefficient (Wildman–Crippen LogP) is 2.09. The van der Waals surface area contributed by atoms with Gasteiger partial charge in [-0.15, -0.1) is 0 Å². The number of nitrogens with zero attached hydrogens (tertiary/aromatic N) is 3. The van der Waals surface area contributed by atoms with Gasteiger partial charge in [0, 0.05) is 25.9 Å². The number of anilines is 1. The molecule has 134 valence electrons. The van der Waals surface area contributed by atoms with Crippen molar-refractivity contribution in [1.29, 1.82) is 0 Å². The molecule has 7 heteroatoms. The first-order valence-corrected chi connectivity index (χ1v) is 10.4. The van der Waals surface area contributed by atoms with E-state index in [1.54, 1.807) is 6.92 Å². The Balaban J connectivity index is 1.57. The molecular weight excluding hydrogens is 336 g/mol. The number of rotatable bonds is 6. The molecule has 1 aliphatic heterocycles. The second-order valence-corrected chi connectivity index (χ2v) is 8.51. The quantitative estimate of drug-likeness (QED) is 0.850. The minimum absolute atomic E-state index is 0.154. The van der Waals surface area contributed by atoms with E-state index in [2.05, 4.69) is 44.5 Å². The average molecular weight is 360 g/mol. The van der Waals surface area contributed by atoms with E-state index in [-0.39, 0.29) is 4.90 Å². The number of aromatic nitrogens is 2. The minimum atomic E-state index is -3.35. The largest absolute Gasteiger partial charge is 0.368 e. The van der Waals surface area contributed by atoms with Gasteiger partial charge < -0.3 is 10.2 Å². The van der Waals surface area contributed by atoms with Crippen LogP contribution in [0.5, 0.6) is 0 Å². The zero-order valence-electron chi connectivity index (χ0n) is 14.6. The molecule has 1 aromatic carbocycles. The number of hydrogen-bond donors (Lipinski definition) is 1. The highest BCUT2D eigenvalue weighted by atomic mass is 32.2. The van der Waals surface area contributed by atoms with Gasteiger partial charge in [0.2, 0.25) is 0 Å². The van der Waals surface area contributed by atoms with E-state index in [0.717, 1.165) is 26.1 Å². The second-order valence-electron chi connectivity index (χ2n) is 6.53. The van der Waals surface area contributed by atoms with Gasteiger partial charge in [0.15, 0.2) is 9.84 Å². The molecule has 0 amide bonds. The summed E-state index contributed by atoms with van der Waals surface area (Å²) in [5, 5.41) is 3.17. The van der Waals surface area contributed by atoms with Crippen molar-refractivity contribution >= 4 is 15.7 Å². The van der Waals surface area contributed by atoms with E-state index in [1.807, 2.05) is 6.07 Å². The van der Waals surface area contributed by atoms with Gasteiger partial charge in [-0.05, 0) is 31.4 Å². The summed E-state index contributed by atoms with van der Waals surface area (Å²) in [6.07, 6.45) is 3.71. The summed E-state index contributed by atoms with van der Waals surface area (Å²) in [6, 6.07) is 10.6. The van der Waals surface area contributed by atoms with Crippen LogP contribution in [0.1, 0.15) is 23.7 Å². The highest BCUT2D eigenvalue weighted by molar-refractivity contribution is 7.90. The standard InChI is InChI=1S/C18H24N4O2S/c1-14-20-12-17(25(2,23)24)18(21-14)19-9-11-22-10-8-16(13-22)15-6-4-3-5-7-15/h3-7,12,16H,8-11,13H2,1-2H3,(H,19,20,21)/t16-/m0/s1. The van der Waals surface area contributed by atoms with Crippen LogP contribution in [0.25, 0.3) is 0 Å². The first-order valence-electron chi connectivity index (χ1n) is 8.48. The zero-order valence-corrected chi connectivity index (χ0v) is 15.5. The summed E-state index contributed by atoms with van der Waals surface area (Å²) < 4.78 is 23.7. The summed E-state index contributed by atoms with van der Waals surface area (Å²) in [5.74, 6) is 1.53. The van der Waals surface area contributed by atoms with Crippen LogP contribution in [-0.2, 0) is 9.84 Å². The maximum atomic E-state index is 11.9. The summed E-state index contributed by atoms with van der Waals surface area (Å²) in [6.45, 7) is 5.36. The summed E-state index contributed by atoms with van der Waals surface area (Å²) in [7, 11) is -3.35. The monoisotopic (exact) mass is 360 g/mol. The lowest BCUT2D eigenvalue weighted by Gasteiger charge is -2.17. The van der Waals surface area contributed by atoms with Gasteiger partial charge in [-0.25, -0.2) is 18.4 Å². The summed E-state index contributed by atoms with van der Waals surface area (Å²) >= 11 is 0. The maximum absolute atomic E-state index is 11.9. The molecule has 0 saturated carbocycles. The van der Waals surface area contributed by atoms with Crippen molar-refractivity contribution in [2.45, 2.75) is 24.2 Å². The highest BCUT2D eigenvalue weighted by Crippen LogP contribution is 2.26. The van der Waals surface area contributed by atoms with Crippen LogP contribution in [0.4, 0.5) is 5.82 Å². The van der Waals surface area contributed by atoms with Gasteiger partial charge in [-0.2, -0.15) is 0 Å². The van der Waals surface area contributed by atoms with E-state index in [9.17, 15) is 8.42 Å². The van der Waals surface area contributed by atoms with Gasteiger partial charge in [0.25, 0.3) is 0 Å². The van der Waals surface area contributed by atoms with Crippen molar-refractivity contribution in [2.75, 3.05) is 37.8 Å². The van der Waals surface area contributed by atoms with Crippen molar-refractivity contribution in [3.8, 4) is 0 Å². The van der Waals surface area contributed by atoms with E-state index >= 15 is 0 Å². The minimum Gasteiger partial charge on any atom is -0.368 e. The Labute approximate surface area is 149 Å². The van der Waals surface area contributed by atoms with Gasteiger partial charge in [0.1, 0.15) is 16.5 Å². The van der Waals surface area contributed by atoms with Crippen LogP contribution < -0.4 is 5.32 Å².